The van der Waals surface area contributed by atoms with Crippen LogP contribution in [-0.2, 0) is 28.3 Å². The average molecular weight is 457 g/mol. The first-order valence-corrected chi connectivity index (χ1v) is 11.7. The summed E-state index contributed by atoms with van der Waals surface area (Å²) < 4.78 is 35.1. The maximum Gasteiger partial charge on any atom is 0.268 e. The molecule has 0 radical (unpaired) electrons. The van der Waals surface area contributed by atoms with E-state index in [0.717, 1.165) is 9.87 Å². The number of rotatable bonds is 9. The Morgan fingerprint density at radius 1 is 1.09 bits per heavy atom. The molecule has 2 aromatic carbocycles. The fourth-order valence-electron chi connectivity index (χ4n) is 3.48. The van der Waals surface area contributed by atoms with Crippen molar-refractivity contribution in [3.63, 3.8) is 0 Å². The first kappa shape index (κ1) is 23.3. The van der Waals surface area contributed by atoms with Crippen molar-refractivity contribution in [1.29, 1.82) is 0 Å². The number of hydrogen-bond donors (Lipinski definition) is 1. The van der Waals surface area contributed by atoms with Crippen LogP contribution in [0.15, 0.2) is 59.5 Å². The van der Waals surface area contributed by atoms with Gasteiger partial charge in [-0.2, -0.15) is 5.10 Å². The van der Waals surface area contributed by atoms with Crippen LogP contribution >= 0.6 is 0 Å². The summed E-state index contributed by atoms with van der Waals surface area (Å²) in [6, 6.07) is 16.3. The molecule has 0 aliphatic carbocycles. The number of anilines is 1. The van der Waals surface area contributed by atoms with Gasteiger partial charge in [-0.15, -0.1) is 0 Å². The second-order valence-corrected chi connectivity index (χ2v) is 9.22. The van der Waals surface area contributed by atoms with Crippen LogP contribution < -0.4 is 14.4 Å². The molecular weight excluding hydrogens is 428 g/mol. The highest BCUT2D eigenvalue weighted by atomic mass is 32.2. The number of carbonyl (C=O) groups excluding carboxylic acids is 1. The molecule has 1 heterocycles. The summed E-state index contributed by atoms with van der Waals surface area (Å²) in [5.41, 5.74) is 2.35. The van der Waals surface area contributed by atoms with Gasteiger partial charge in [0.1, 0.15) is 17.2 Å². The zero-order chi connectivity index (χ0) is 23.3. The molecule has 0 spiro atoms. The van der Waals surface area contributed by atoms with E-state index in [1.165, 1.54) is 11.8 Å². The Labute approximate surface area is 188 Å². The summed E-state index contributed by atoms with van der Waals surface area (Å²) in [6.45, 7) is 3.40. The third-order valence-corrected chi connectivity index (χ3v) is 7.24. The number of sulfonamides is 1. The highest BCUT2D eigenvalue weighted by Crippen LogP contribution is 2.28. The van der Waals surface area contributed by atoms with E-state index in [1.807, 2.05) is 30.3 Å². The molecule has 170 valence electrons. The van der Waals surface area contributed by atoms with Crippen LogP contribution in [0.25, 0.3) is 0 Å². The maximum absolute atomic E-state index is 13.6. The third-order valence-electron chi connectivity index (χ3n) is 5.22. The van der Waals surface area contributed by atoms with Crippen LogP contribution in [0.2, 0.25) is 0 Å². The molecule has 0 bridgehead atoms. The van der Waals surface area contributed by atoms with Gasteiger partial charge < -0.3 is 10.1 Å². The minimum Gasteiger partial charge on any atom is -0.497 e. The molecule has 32 heavy (non-hydrogen) atoms. The quantitative estimate of drug-likeness (QED) is 0.534. The molecule has 3 aromatic rings. The van der Waals surface area contributed by atoms with Crippen LogP contribution in [0.5, 0.6) is 5.75 Å². The van der Waals surface area contributed by atoms with Crippen molar-refractivity contribution < 1.29 is 17.9 Å². The minimum atomic E-state index is -4.04. The lowest BCUT2D eigenvalue weighted by Gasteiger charge is -2.24. The Balaban J connectivity index is 1.86. The van der Waals surface area contributed by atoms with Crippen molar-refractivity contribution in [2.45, 2.75) is 25.2 Å². The highest BCUT2D eigenvalue weighted by molar-refractivity contribution is 7.93. The summed E-state index contributed by atoms with van der Waals surface area (Å²) in [7, 11) is -0.814. The predicted molar refractivity (Wildman–Crippen MR) is 123 cm³/mol. The lowest BCUT2D eigenvalue weighted by atomic mass is 10.1. The largest absolute Gasteiger partial charge is 0.497 e. The molecule has 0 saturated carbocycles. The number of amides is 1. The van der Waals surface area contributed by atoms with Crippen LogP contribution in [0.1, 0.15) is 17.0 Å². The van der Waals surface area contributed by atoms with Gasteiger partial charge in [0.15, 0.2) is 0 Å². The molecule has 0 aliphatic heterocycles. The second-order valence-electron chi connectivity index (χ2n) is 7.42. The Morgan fingerprint density at radius 2 is 1.75 bits per heavy atom. The predicted octanol–water partition coefficient (Wildman–Crippen LogP) is 2.60. The van der Waals surface area contributed by atoms with Gasteiger partial charge in [-0.3, -0.25) is 13.8 Å². The molecule has 0 fully saturated rings. The van der Waals surface area contributed by atoms with Gasteiger partial charge in [0.2, 0.25) is 5.91 Å². The summed E-state index contributed by atoms with van der Waals surface area (Å²) in [5, 5.41) is 7.05. The zero-order valence-corrected chi connectivity index (χ0v) is 19.5. The van der Waals surface area contributed by atoms with Crippen molar-refractivity contribution in [3.05, 3.63) is 71.5 Å². The molecule has 8 nitrogen and oxygen atoms in total. The van der Waals surface area contributed by atoms with Gasteiger partial charge in [-0.25, -0.2) is 8.42 Å². The topological polar surface area (TPSA) is 93.5 Å². The van der Waals surface area contributed by atoms with E-state index in [1.54, 1.807) is 45.2 Å². The van der Waals surface area contributed by atoms with Gasteiger partial charge >= 0.3 is 0 Å². The zero-order valence-electron chi connectivity index (χ0n) is 18.7. The van der Waals surface area contributed by atoms with Crippen molar-refractivity contribution in [2.75, 3.05) is 24.5 Å². The van der Waals surface area contributed by atoms with E-state index >= 15 is 0 Å². The molecule has 1 N–H and O–H groups in total. The molecule has 0 atom stereocenters. The Morgan fingerprint density at radius 3 is 2.31 bits per heavy atom. The highest BCUT2D eigenvalue weighted by Gasteiger charge is 2.32. The summed E-state index contributed by atoms with van der Waals surface area (Å²) in [4.78, 5) is 12.8. The SMILES string of the molecule is COc1ccc(N(CC(=O)NCCc2ccccc2)S(=O)(=O)c2c(C)nn(C)c2C)cc1. The lowest BCUT2D eigenvalue weighted by Crippen LogP contribution is -2.41. The number of carbonyl (C=O) groups is 1. The number of hydrogen-bond acceptors (Lipinski definition) is 5. The van der Waals surface area contributed by atoms with Crippen molar-refractivity contribution in [1.82, 2.24) is 15.1 Å². The van der Waals surface area contributed by atoms with Crippen molar-refractivity contribution in [3.8, 4) is 5.75 Å². The molecular formula is C23H28N4O4S. The first-order valence-electron chi connectivity index (χ1n) is 10.2. The first-order chi connectivity index (χ1) is 15.2. The average Bonchev–Trinajstić information content (AvgIpc) is 3.04. The van der Waals surface area contributed by atoms with E-state index < -0.39 is 10.0 Å². The van der Waals surface area contributed by atoms with E-state index in [4.69, 9.17) is 4.74 Å². The fraction of sp³-hybridized carbons (Fsp3) is 0.304. The molecule has 0 unspecified atom stereocenters. The second kappa shape index (κ2) is 9.86. The summed E-state index contributed by atoms with van der Waals surface area (Å²) >= 11 is 0. The van der Waals surface area contributed by atoms with Crippen LogP contribution in [0.4, 0.5) is 5.69 Å². The van der Waals surface area contributed by atoms with Crippen molar-refractivity contribution >= 4 is 21.6 Å². The third kappa shape index (κ3) is 5.11. The molecule has 1 amide bonds. The Bertz CT molecular complexity index is 1170. The number of aromatic nitrogens is 2. The minimum absolute atomic E-state index is 0.105. The Hall–Kier alpha value is -3.33. The van der Waals surface area contributed by atoms with Crippen LogP contribution in [0.3, 0.4) is 0 Å². The monoisotopic (exact) mass is 456 g/mol. The molecule has 1 aromatic heterocycles. The number of benzene rings is 2. The van der Waals surface area contributed by atoms with E-state index in [9.17, 15) is 13.2 Å². The van der Waals surface area contributed by atoms with E-state index in [0.29, 0.717) is 35.8 Å². The molecule has 3 rings (SSSR count). The van der Waals surface area contributed by atoms with E-state index in [-0.39, 0.29) is 17.3 Å². The maximum atomic E-state index is 13.6. The smallest absolute Gasteiger partial charge is 0.268 e. The normalized spacial score (nSPS) is 11.2. The molecule has 0 aliphatic rings. The van der Waals surface area contributed by atoms with Gasteiger partial charge in [-0.1, -0.05) is 30.3 Å². The van der Waals surface area contributed by atoms with Crippen LogP contribution in [0, 0.1) is 13.8 Å². The number of ether oxygens (including phenoxy) is 1. The number of aryl methyl sites for hydroxylation is 2. The fourth-order valence-corrected chi connectivity index (χ4v) is 5.30. The van der Waals surface area contributed by atoms with Gasteiger partial charge in [0.25, 0.3) is 10.0 Å². The van der Waals surface area contributed by atoms with Gasteiger partial charge in [0, 0.05) is 13.6 Å². The standard InChI is InChI=1S/C23H28N4O4S/c1-17-23(18(2)26(3)25-17)32(29,30)27(20-10-12-21(31-4)13-11-20)16-22(28)24-15-14-19-8-6-5-7-9-19/h5-13H,14-16H2,1-4H3,(H,24,28). The van der Waals surface area contributed by atoms with Crippen LogP contribution in [-0.4, -0.2) is 44.3 Å². The molecule has 9 heteroatoms. The summed E-state index contributed by atoms with van der Waals surface area (Å²) in [5.74, 6) is 0.201. The Kier molecular flexibility index (Phi) is 7.19. The van der Waals surface area contributed by atoms with Gasteiger partial charge in [0.05, 0.1) is 24.2 Å². The molecule has 0 saturated heterocycles. The number of nitrogens with zero attached hydrogens (tertiary/aromatic N) is 3. The number of nitrogens with one attached hydrogen (secondary N) is 1. The lowest BCUT2D eigenvalue weighted by molar-refractivity contribution is -0.119. The van der Waals surface area contributed by atoms with Gasteiger partial charge in [-0.05, 0) is 50.1 Å². The van der Waals surface area contributed by atoms with Crippen molar-refractivity contribution in [2.24, 2.45) is 7.05 Å². The number of methoxy groups -OCH3 is 1. The summed E-state index contributed by atoms with van der Waals surface area (Å²) in [6.07, 6.45) is 0.655. The van der Waals surface area contributed by atoms with E-state index in [2.05, 4.69) is 10.4 Å².